The number of nitrogens with zero attached hydrogens (tertiary/aromatic N) is 1. The van der Waals surface area contributed by atoms with Gasteiger partial charge >= 0.3 is 0 Å². The number of rotatable bonds is 2. The quantitative estimate of drug-likeness (QED) is 0.576. The van der Waals surface area contributed by atoms with Crippen LogP contribution in [-0.2, 0) is 6.54 Å². The molecule has 0 amide bonds. The molecule has 0 bridgehead atoms. The molecule has 3 N–H and O–H groups in total. The van der Waals surface area contributed by atoms with Crippen LogP contribution in [0.3, 0.4) is 0 Å². The van der Waals surface area contributed by atoms with Gasteiger partial charge in [-0.2, -0.15) is 0 Å². The first-order valence-corrected chi connectivity index (χ1v) is 5.20. The second-order valence-electron chi connectivity index (χ2n) is 3.51. The summed E-state index contributed by atoms with van der Waals surface area (Å²) in [6, 6.07) is 3.77. The Morgan fingerprint density at radius 2 is 2.19 bits per heavy atom. The number of quaternary nitrogens is 1. The second-order valence-corrected chi connectivity index (χ2v) is 3.90. The minimum atomic E-state index is 0. The monoisotopic (exact) mass is 257 g/mol. The van der Waals surface area contributed by atoms with Crippen LogP contribution in [0, 0.1) is 0 Å². The van der Waals surface area contributed by atoms with E-state index >= 15 is 0 Å². The molecule has 0 saturated carbocycles. The highest BCUT2D eigenvalue weighted by Gasteiger charge is 2.15. The van der Waals surface area contributed by atoms with E-state index in [1.54, 1.807) is 12.3 Å². The van der Waals surface area contributed by atoms with Gasteiger partial charge < -0.3 is 12.4 Å². The minimum Gasteiger partial charge on any atom is -1.00 e. The Labute approximate surface area is 106 Å². The van der Waals surface area contributed by atoms with Crippen molar-refractivity contribution in [1.82, 2.24) is 4.98 Å². The first kappa shape index (κ1) is 13.2. The third-order valence-corrected chi connectivity index (χ3v) is 2.59. The third kappa shape index (κ3) is 3.32. The molecular formula is C11H13Cl2N3. The maximum atomic E-state index is 5.94. The van der Waals surface area contributed by atoms with Crippen LogP contribution in [0.15, 0.2) is 42.8 Å². The van der Waals surface area contributed by atoms with Gasteiger partial charge in [0, 0.05) is 11.8 Å². The van der Waals surface area contributed by atoms with Crippen LogP contribution >= 0.6 is 11.6 Å². The summed E-state index contributed by atoms with van der Waals surface area (Å²) in [5.74, 6) is 0. The van der Waals surface area contributed by atoms with Gasteiger partial charge in [-0.3, -0.25) is 10.6 Å². The average Bonchev–Trinajstić information content (AvgIpc) is 2.25. The van der Waals surface area contributed by atoms with Gasteiger partial charge in [-0.1, -0.05) is 17.7 Å². The molecule has 5 heteroatoms. The molecule has 1 aliphatic rings. The fourth-order valence-corrected chi connectivity index (χ4v) is 1.63. The number of pyridine rings is 1. The van der Waals surface area contributed by atoms with E-state index in [-0.39, 0.29) is 18.6 Å². The highest BCUT2D eigenvalue weighted by atomic mass is 35.5. The summed E-state index contributed by atoms with van der Waals surface area (Å²) in [4.78, 5) is 5.23. The molecule has 2 unspecified atom stereocenters. The topological polar surface area (TPSA) is 43.4 Å². The zero-order valence-electron chi connectivity index (χ0n) is 8.61. The summed E-state index contributed by atoms with van der Waals surface area (Å²) in [5, 5.41) is 0.520. The van der Waals surface area contributed by atoms with Gasteiger partial charge in [-0.25, -0.2) is 4.98 Å². The number of nitrogens with one attached hydrogen (secondary N) is 1. The van der Waals surface area contributed by atoms with Crippen molar-refractivity contribution in [2.45, 2.75) is 12.7 Å². The molecule has 2 atom stereocenters. The Morgan fingerprint density at radius 1 is 1.38 bits per heavy atom. The number of aromatic nitrogens is 1. The van der Waals surface area contributed by atoms with Crippen LogP contribution in [0.4, 0.5) is 0 Å². The van der Waals surface area contributed by atoms with E-state index in [1.165, 1.54) is 4.90 Å². The van der Waals surface area contributed by atoms with Crippen molar-refractivity contribution in [2.24, 2.45) is 5.73 Å². The summed E-state index contributed by atoms with van der Waals surface area (Å²) in [6.45, 7) is 0.826. The van der Waals surface area contributed by atoms with E-state index in [2.05, 4.69) is 11.2 Å². The number of nitrogens with two attached hydrogens (primary N) is 1. The maximum Gasteiger partial charge on any atom is 0.162 e. The third-order valence-electron chi connectivity index (χ3n) is 2.36. The molecule has 86 valence electrons. The number of hydrogen-bond acceptors (Lipinski definition) is 2. The van der Waals surface area contributed by atoms with E-state index in [9.17, 15) is 0 Å². The molecule has 0 aromatic carbocycles. The number of allylic oxidation sites excluding steroid dienone is 2. The molecule has 0 radical (unpaired) electrons. The fourth-order valence-electron chi connectivity index (χ4n) is 1.52. The molecular weight excluding hydrogens is 245 g/mol. The fraction of sp³-hybridized carbons (Fsp3) is 0.182. The Morgan fingerprint density at radius 3 is 2.81 bits per heavy atom. The highest BCUT2D eigenvalue weighted by molar-refractivity contribution is 6.29. The lowest BCUT2D eigenvalue weighted by Gasteiger charge is -2.21. The van der Waals surface area contributed by atoms with Crippen LogP contribution in [0.5, 0.6) is 0 Å². The Hall–Kier alpha value is -0.870. The lowest BCUT2D eigenvalue weighted by atomic mass is 10.2. The van der Waals surface area contributed by atoms with Gasteiger partial charge in [0.25, 0.3) is 0 Å². The molecule has 1 aromatic rings. The van der Waals surface area contributed by atoms with E-state index in [4.69, 9.17) is 17.3 Å². The predicted molar refractivity (Wildman–Crippen MR) is 60.2 cm³/mol. The first-order valence-electron chi connectivity index (χ1n) is 4.82. The van der Waals surface area contributed by atoms with Gasteiger partial charge in [0.15, 0.2) is 6.17 Å². The minimum absolute atomic E-state index is 0. The molecule has 0 aliphatic carbocycles. The molecule has 2 rings (SSSR count). The maximum absolute atomic E-state index is 5.94. The van der Waals surface area contributed by atoms with Gasteiger partial charge in [0.1, 0.15) is 11.7 Å². The van der Waals surface area contributed by atoms with Crippen molar-refractivity contribution in [1.29, 1.82) is 0 Å². The van der Waals surface area contributed by atoms with Gasteiger partial charge in [-0.15, -0.1) is 0 Å². The van der Waals surface area contributed by atoms with Crippen molar-refractivity contribution in [3.63, 3.8) is 0 Å². The average molecular weight is 258 g/mol. The number of halogens is 2. The van der Waals surface area contributed by atoms with Crippen LogP contribution in [0.2, 0.25) is 5.15 Å². The molecule has 16 heavy (non-hydrogen) atoms. The zero-order valence-corrected chi connectivity index (χ0v) is 10.1. The molecule has 1 aliphatic heterocycles. The molecule has 0 fully saturated rings. The molecule has 1 aromatic heterocycles. The van der Waals surface area contributed by atoms with Crippen LogP contribution in [0.1, 0.15) is 5.56 Å². The van der Waals surface area contributed by atoms with Crippen LogP contribution in [-0.4, -0.2) is 11.1 Å². The van der Waals surface area contributed by atoms with Gasteiger partial charge in [0.2, 0.25) is 0 Å². The lowest BCUT2D eigenvalue weighted by molar-refractivity contribution is -0.881. The molecule has 3 nitrogen and oxygen atoms in total. The van der Waals surface area contributed by atoms with Gasteiger partial charge in [-0.05, 0) is 24.3 Å². The SMILES string of the molecule is NC1C=CC=C[NH+]1Cc1ccc(Cl)nc1.[Cl-]. The van der Waals surface area contributed by atoms with Crippen molar-refractivity contribution in [3.05, 3.63) is 53.5 Å². The lowest BCUT2D eigenvalue weighted by Crippen LogP contribution is -3.12. The smallest absolute Gasteiger partial charge is 0.162 e. The Kier molecular flexibility index (Phi) is 4.96. The van der Waals surface area contributed by atoms with Crippen LogP contribution in [0.25, 0.3) is 0 Å². The summed E-state index contributed by atoms with van der Waals surface area (Å²) in [7, 11) is 0. The Bertz CT molecular complexity index is 387. The first-order chi connectivity index (χ1) is 7.25. The van der Waals surface area contributed by atoms with Gasteiger partial charge in [0.05, 0.1) is 6.20 Å². The van der Waals surface area contributed by atoms with Crippen molar-refractivity contribution >= 4 is 11.6 Å². The van der Waals surface area contributed by atoms with Crippen molar-refractivity contribution in [2.75, 3.05) is 0 Å². The Balaban J connectivity index is 0.00000128. The van der Waals surface area contributed by atoms with Crippen molar-refractivity contribution in [3.8, 4) is 0 Å². The number of hydrogen-bond donors (Lipinski definition) is 2. The van der Waals surface area contributed by atoms with E-state index in [0.29, 0.717) is 5.15 Å². The highest BCUT2D eigenvalue weighted by Crippen LogP contribution is 2.04. The summed E-state index contributed by atoms with van der Waals surface area (Å²) < 4.78 is 0. The zero-order chi connectivity index (χ0) is 10.7. The van der Waals surface area contributed by atoms with E-state index < -0.39 is 0 Å². The summed E-state index contributed by atoms with van der Waals surface area (Å²) in [6.07, 6.45) is 9.81. The van der Waals surface area contributed by atoms with Crippen molar-refractivity contribution < 1.29 is 17.3 Å². The standard InChI is InChI=1S/C11H12ClN3.ClH/c12-10-5-4-9(7-14-10)8-15-6-2-1-3-11(15)13;/h1-7,11H,8,13H2;1H. The second kappa shape index (κ2) is 6.01. The predicted octanol–water partition coefficient (Wildman–Crippen LogP) is -2.51. The summed E-state index contributed by atoms with van der Waals surface area (Å²) in [5.41, 5.74) is 7.06. The van der Waals surface area contributed by atoms with E-state index in [0.717, 1.165) is 12.1 Å². The molecule has 0 saturated heterocycles. The van der Waals surface area contributed by atoms with Crippen LogP contribution < -0.4 is 23.0 Å². The molecule has 2 heterocycles. The summed E-state index contributed by atoms with van der Waals surface area (Å²) >= 11 is 5.72. The normalized spacial score (nSPS) is 22.9. The van der Waals surface area contributed by atoms with E-state index in [1.807, 2.05) is 24.3 Å². The molecule has 0 spiro atoms. The largest absolute Gasteiger partial charge is 1.00 e.